The summed E-state index contributed by atoms with van der Waals surface area (Å²) in [5.41, 5.74) is 9.47. The van der Waals surface area contributed by atoms with Crippen LogP contribution < -0.4 is 11.2 Å². The molecule has 10 nitrogen and oxygen atoms in total. The van der Waals surface area contributed by atoms with E-state index in [1.54, 1.807) is 6.92 Å². The second-order valence-corrected chi connectivity index (χ2v) is 5.29. The van der Waals surface area contributed by atoms with Gasteiger partial charge < -0.3 is 5.73 Å². The second-order valence-electron chi connectivity index (χ2n) is 5.29. The van der Waals surface area contributed by atoms with Gasteiger partial charge in [0.1, 0.15) is 0 Å². The quantitative estimate of drug-likeness (QED) is 0.612. The van der Waals surface area contributed by atoms with Crippen LogP contribution in [-0.4, -0.2) is 36.9 Å². The number of hydrogen-bond donors (Lipinski definition) is 2. The molecule has 0 aliphatic carbocycles. The fourth-order valence-electron chi connectivity index (χ4n) is 1.91. The van der Waals surface area contributed by atoms with Crippen molar-refractivity contribution < 1.29 is 9.42 Å². The van der Waals surface area contributed by atoms with E-state index in [2.05, 4.69) is 49.6 Å². The van der Waals surface area contributed by atoms with Crippen molar-refractivity contribution >= 4 is 17.4 Å². The Morgan fingerprint density at radius 1 is 1.45 bits per heavy atom. The average Bonchev–Trinajstić information content (AvgIpc) is 3.01. The lowest BCUT2D eigenvalue weighted by Gasteiger charge is -2.04. The molecule has 0 atom stereocenters. The van der Waals surface area contributed by atoms with E-state index in [4.69, 9.17) is 5.73 Å². The Morgan fingerprint density at radius 2 is 2.18 bits per heavy atom. The van der Waals surface area contributed by atoms with Gasteiger partial charge in [0.25, 0.3) is 5.91 Å². The van der Waals surface area contributed by atoms with Crippen molar-refractivity contribution in [1.29, 1.82) is 0 Å². The topological polar surface area (TPSA) is 137 Å². The number of carbonyl (C=O) groups excluding carboxylic acids is 1. The zero-order valence-corrected chi connectivity index (χ0v) is 12.9. The first-order valence-corrected chi connectivity index (χ1v) is 6.74. The molecule has 3 N–H and O–H groups in total. The van der Waals surface area contributed by atoms with Crippen LogP contribution in [0.4, 0.5) is 5.82 Å². The van der Waals surface area contributed by atoms with E-state index < -0.39 is 5.91 Å². The van der Waals surface area contributed by atoms with E-state index in [1.165, 1.54) is 4.68 Å². The summed E-state index contributed by atoms with van der Waals surface area (Å²) in [4.78, 5) is 12.1. The van der Waals surface area contributed by atoms with E-state index in [9.17, 15) is 4.79 Å². The molecule has 0 aliphatic heterocycles. The molecule has 22 heavy (non-hydrogen) atoms. The first kappa shape index (κ1) is 15.6. The number of hydrogen-bond acceptors (Lipinski definition) is 8. The molecule has 1 amide bonds. The molecule has 118 valence electrons. The van der Waals surface area contributed by atoms with Gasteiger partial charge in [-0.3, -0.25) is 4.79 Å². The van der Waals surface area contributed by atoms with Gasteiger partial charge in [0.2, 0.25) is 11.6 Å². The van der Waals surface area contributed by atoms with Crippen molar-refractivity contribution in [2.75, 3.05) is 5.73 Å². The van der Waals surface area contributed by atoms with Crippen LogP contribution in [0, 0.1) is 12.8 Å². The average molecular weight is 306 g/mol. The largest absolute Gasteiger partial charge is 0.378 e. The molecule has 0 unspecified atom stereocenters. The van der Waals surface area contributed by atoms with Gasteiger partial charge in [0.15, 0.2) is 5.69 Å². The minimum Gasteiger partial charge on any atom is -0.378 e. The van der Waals surface area contributed by atoms with Crippen molar-refractivity contribution in [2.45, 2.75) is 34.1 Å². The van der Waals surface area contributed by atoms with Gasteiger partial charge in [-0.15, -0.1) is 5.10 Å². The SMILES string of the molecule is CC(CC(C)C)=NNC(=O)c1nnn(-c2nonc2N)c1C. The van der Waals surface area contributed by atoms with Crippen molar-refractivity contribution in [2.24, 2.45) is 11.0 Å². The maximum absolute atomic E-state index is 12.1. The smallest absolute Gasteiger partial charge is 0.293 e. The highest BCUT2D eigenvalue weighted by atomic mass is 16.6. The van der Waals surface area contributed by atoms with E-state index >= 15 is 0 Å². The number of rotatable bonds is 5. The number of aromatic nitrogens is 5. The van der Waals surface area contributed by atoms with Crippen LogP contribution in [0.2, 0.25) is 0 Å². The van der Waals surface area contributed by atoms with Crippen molar-refractivity contribution in [3.8, 4) is 5.82 Å². The van der Waals surface area contributed by atoms with Crippen molar-refractivity contribution in [3.05, 3.63) is 11.4 Å². The molecule has 2 rings (SSSR count). The number of anilines is 1. The molecular formula is C12H18N8O2. The van der Waals surface area contributed by atoms with Crippen molar-refractivity contribution in [3.63, 3.8) is 0 Å². The third-order valence-electron chi connectivity index (χ3n) is 2.86. The van der Waals surface area contributed by atoms with Crippen LogP contribution in [0.25, 0.3) is 5.82 Å². The Kier molecular flexibility index (Phi) is 4.49. The Bertz CT molecular complexity index is 700. The van der Waals surface area contributed by atoms with Gasteiger partial charge in [-0.1, -0.05) is 19.1 Å². The molecule has 0 aliphatic rings. The van der Waals surface area contributed by atoms with Crippen molar-refractivity contribution in [1.82, 2.24) is 30.7 Å². The summed E-state index contributed by atoms with van der Waals surface area (Å²) < 4.78 is 5.79. The summed E-state index contributed by atoms with van der Waals surface area (Å²) in [7, 11) is 0. The van der Waals surface area contributed by atoms with Gasteiger partial charge in [0, 0.05) is 5.71 Å². The summed E-state index contributed by atoms with van der Waals surface area (Å²) in [5.74, 6) is 0.252. The third kappa shape index (κ3) is 3.27. The van der Waals surface area contributed by atoms with Crippen LogP contribution in [0.3, 0.4) is 0 Å². The molecule has 0 fully saturated rings. The number of nitrogens with one attached hydrogen (secondary N) is 1. The third-order valence-corrected chi connectivity index (χ3v) is 2.86. The molecule has 2 aromatic heterocycles. The number of nitrogens with two attached hydrogens (primary N) is 1. The zero-order chi connectivity index (χ0) is 16.3. The standard InChI is InChI=1S/C12H18N8O2/c1-6(2)5-7(3)14-16-12(21)9-8(4)20(19-15-9)11-10(13)17-22-18-11/h6H,5H2,1-4H3,(H2,13,17)(H,16,21). The van der Waals surface area contributed by atoms with Gasteiger partial charge >= 0.3 is 0 Å². The Hall–Kier alpha value is -2.78. The summed E-state index contributed by atoms with van der Waals surface area (Å²) in [6.45, 7) is 7.67. The number of hydrazone groups is 1. The molecule has 0 saturated carbocycles. The van der Waals surface area contributed by atoms with Crippen LogP contribution in [-0.2, 0) is 0 Å². The molecule has 2 aromatic rings. The lowest BCUT2D eigenvalue weighted by molar-refractivity contribution is 0.0949. The van der Waals surface area contributed by atoms with E-state index in [0.29, 0.717) is 11.6 Å². The lowest BCUT2D eigenvalue weighted by Crippen LogP contribution is -2.21. The van der Waals surface area contributed by atoms with E-state index in [-0.39, 0.29) is 17.3 Å². The normalized spacial score (nSPS) is 12.0. The van der Waals surface area contributed by atoms with Crippen LogP contribution in [0.15, 0.2) is 9.73 Å². The Balaban J connectivity index is 2.15. The number of carbonyl (C=O) groups is 1. The summed E-state index contributed by atoms with van der Waals surface area (Å²) in [6.07, 6.45) is 0.799. The van der Waals surface area contributed by atoms with Gasteiger partial charge in [-0.25, -0.2) is 10.1 Å². The van der Waals surface area contributed by atoms with E-state index in [0.717, 1.165) is 12.1 Å². The first-order chi connectivity index (χ1) is 10.4. The molecule has 0 spiro atoms. The predicted octanol–water partition coefficient (Wildman–Crippen LogP) is 0.693. The maximum atomic E-state index is 12.1. The first-order valence-electron chi connectivity index (χ1n) is 6.74. The maximum Gasteiger partial charge on any atom is 0.293 e. The van der Waals surface area contributed by atoms with Crippen LogP contribution in [0.1, 0.15) is 43.4 Å². The Morgan fingerprint density at radius 3 is 2.77 bits per heavy atom. The number of amides is 1. The highest BCUT2D eigenvalue weighted by Gasteiger charge is 2.20. The van der Waals surface area contributed by atoms with Gasteiger partial charge in [-0.05, 0) is 36.5 Å². The summed E-state index contributed by atoms with van der Waals surface area (Å²) in [5, 5.41) is 18.8. The molecule has 0 bridgehead atoms. The summed E-state index contributed by atoms with van der Waals surface area (Å²) in [6, 6.07) is 0. The lowest BCUT2D eigenvalue weighted by atomic mass is 10.1. The molecule has 10 heteroatoms. The molecular weight excluding hydrogens is 288 g/mol. The number of nitrogen functional groups attached to an aromatic ring is 1. The zero-order valence-electron chi connectivity index (χ0n) is 12.9. The molecule has 0 saturated heterocycles. The summed E-state index contributed by atoms with van der Waals surface area (Å²) >= 11 is 0. The van der Waals surface area contributed by atoms with Crippen LogP contribution >= 0.6 is 0 Å². The van der Waals surface area contributed by atoms with E-state index in [1.807, 2.05) is 6.92 Å². The number of nitrogens with zero attached hydrogens (tertiary/aromatic N) is 6. The highest BCUT2D eigenvalue weighted by molar-refractivity contribution is 5.94. The van der Waals surface area contributed by atoms with Gasteiger partial charge in [0.05, 0.1) is 5.69 Å². The fraction of sp³-hybridized carbons (Fsp3) is 0.500. The fourth-order valence-corrected chi connectivity index (χ4v) is 1.91. The highest BCUT2D eigenvalue weighted by Crippen LogP contribution is 2.14. The predicted molar refractivity (Wildman–Crippen MR) is 78.4 cm³/mol. The molecule has 0 radical (unpaired) electrons. The van der Waals surface area contributed by atoms with Crippen LogP contribution in [0.5, 0.6) is 0 Å². The minimum atomic E-state index is -0.457. The monoisotopic (exact) mass is 306 g/mol. The van der Waals surface area contributed by atoms with Gasteiger partial charge in [-0.2, -0.15) is 9.78 Å². The second kappa shape index (κ2) is 6.33. The Labute approximate surface area is 126 Å². The minimum absolute atomic E-state index is 0.0609. The molecule has 2 heterocycles. The molecule has 0 aromatic carbocycles.